The molecule has 0 radical (unpaired) electrons. The number of amides is 1. The fourth-order valence-electron chi connectivity index (χ4n) is 3.08. The lowest BCUT2D eigenvalue weighted by atomic mass is 10.2. The number of benzene rings is 1. The van der Waals surface area contributed by atoms with Crippen LogP contribution in [0.5, 0.6) is 0 Å². The molecular weight excluding hydrogens is 398 g/mol. The van der Waals surface area contributed by atoms with Crippen LogP contribution in [0.4, 0.5) is 0 Å². The van der Waals surface area contributed by atoms with Gasteiger partial charge in [0, 0.05) is 19.4 Å². The predicted octanol–water partition coefficient (Wildman–Crippen LogP) is 4.58. The van der Waals surface area contributed by atoms with Gasteiger partial charge in [-0.15, -0.1) is 0 Å². The lowest BCUT2D eigenvalue weighted by molar-refractivity contribution is 0.0904. The van der Waals surface area contributed by atoms with E-state index in [1.54, 1.807) is 30.2 Å². The molecule has 3 aromatic heterocycles. The summed E-state index contributed by atoms with van der Waals surface area (Å²) in [5.41, 5.74) is 1.98. The Morgan fingerprint density at radius 1 is 1.23 bits per heavy atom. The summed E-state index contributed by atoms with van der Waals surface area (Å²) in [5, 5.41) is 3.91. The number of nitrogens with zero attached hydrogens (tertiary/aromatic N) is 3. The predicted molar refractivity (Wildman–Crippen MR) is 116 cm³/mol. The van der Waals surface area contributed by atoms with Crippen LogP contribution in [0.1, 0.15) is 41.5 Å². The van der Waals surface area contributed by atoms with Crippen molar-refractivity contribution in [2.24, 2.45) is 7.05 Å². The SMILES string of the molecule is CCC(NC(=O)c1ccc(CSc2nccn2C)o1)c1ncc(-c2ccccc2)[nH]1. The molecule has 154 valence electrons. The number of hydrogen-bond acceptors (Lipinski definition) is 5. The third-order valence-electron chi connectivity index (χ3n) is 4.73. The number of furan rings is 1. The molecule has 0 saturated heterocycles. The van der Waals surface area contributed by atoms with Crippen LogP contribution in [0.15, 0.2) is 70.6 Å². The van der Waals surface area contributed by atoms with Crippen molar-refractivity contribution in [3.63, 3.8) is 0 Å². The molecule has 2 N–H and O–H groups in total. The van der Waals surface area contributed by atoms with E-state index in [-0.39, 0.29) is 11.9 Å². The molecule has 7 nitrogen and oxygen atoms in total. The lowest BCUT2D eigenvalue weighted by Crippen LogP contribution is -2.28. The van der Waals surface area contributed by atoms with E-state index in [1.165, 1.54) is 0 Å². The zero-order valence-electron chi connectivity index (χ0n) is 16.8. The lowest BCUT2D eigenvalue weighted by Gasteiger charge is -2.13. The van der Waals surface area contributed by atoms with Crippen LogP contribution in [0.25, 0.3) is 11.3 Å². The van der Waals surface area contributed by atoms with Gasteiger partial charge >= 0.3 is 0 Å². The smallest absolute Gasteiger partial charge is 0.287 e. The largest absolute Gasteiger partial charge is 0.455 e. The van der Waals surface area contributed by atoms with Gasteiger partial charge in [0.25, 0.3) is 5.91 Å². The Hall–Kier alpha value is -3.26. The number of H-pyrrole nitrogens is 1. The first-order valence-corrected chi connectivity index (χ1v) is 10.7. The highest BCUT2D eigenvalue weighted by Gasteiger charge is 2.19. The van der Waals surface area contributed by atoms with Gasteiger partial charge in [0.2, 0.25) is 0 Å². The number of thioether (sulfide) groups is 1. The summed E-state index contributed by atoms with van der Waals surface area (Å²) in [6, 6.07) is 13.3. The highest BCUT2D eigenvalue weighted by atomic mass is 32.2. The summed E-state index contributed by atoms with van der Waals surface area (Å²) in [6.45, 7) is 2.01. The van der Waals surface area contributed by atoms with Crippen LogP contribution in [-0.4, -0.2) is 25.4 Å². The van der Waals surface area contributed by atoms with Crippen molar-refractivity contribution in [2.75, 3.05) is 0 Å². The second kappa shape index (κ2) is 9.04. The van der Waals surface area contributed by atoms with Crippen molar-refractivity contribution < 1.29 is 9.21 Å². The molecule has 1 atom stereocenters. The molecule has 1 unspecified atom stereocenters. The summed E-state index contributed by atoms with van der Waals surface area (Å²) in [5.74, 6) is 2.09. The standard InChI is InChI=1S/C22H23N5O2S/c1-3-17(20-24-13-18(25-20)15-7-5-4-6-8-15)26-21(28)19-10-9-16(29-19)14-30-22-23-11-12-27(22)2/h4-13,17H,3,14H2,1-2H3,(H,24,25)(H,26,28). The molecule has 0 spiro atoms. The van der Waals surface area contributed by atoms with Crippen molar-refractivity contribution in [2.45, 2.75) is 30.3 Å². The molecule has 4 rings (SSSR count). The van der Waals surface area contributed by atoms with Crippen molar-refractivity contribution in [3.8, 4) is 11.3 Å². The third-order valence-corrected chi connectivity index (χ3v) is 5.81. The molecule has 30 heavy (non-hydrogen) atoms. The summed E-state index contributed by atoms with van der Waals surface area (Å²) in [6.07, 6.45) is 6.15. The fourth-order valence-corrected chi connectivity index (χ4v) is 3.90. The normalized spacial score (nSPS) is 12.1. The van der Waals surface area contributed by atoms with Gasteiger partial charge in [-0.25, -0.2) is 9.97 Å². The Kier molecular flexibility index (Phi) is 6.04. The minimum absolute atomic E-state index is 0.231. The maximum absolute atomic E-state index is 12.7. The summed E-state index contributed by atoms with van der Waals surface area (Å²) >= 11 is 1.56. The van der Waals surface area contributed by atoms with E-state index < -0.39 is 0 Å². The molecule has 0 aliphatic heterocycles. The van der Waals surface area contributed by atoms with E-state index in [2.05, 4.69) is 20.3 Å². The number of hydrogen-bond donors (Lipinski definition) is 2. The number of aromatic nitrogens is 4. The number of aromatic amines is 1. The van der Waals surface area contributed by atoms with Crippen molar-refractivity contribution >= 4 is 17.7 Å². The Morgan fingerprint density at radius 3 is 2.80 bits per heavy atom. The minimum Gasteiger partial charge on any atom is -0.455 e. The number of nitrogens with one attached hydrogen (secondary N) is 2. The highest BCUT2D eigenvalue weighted by Crippen LogP contribution is 2.23. The quantitative estimate of drug-likeness (QED) is 0.407. The second-order valence-electron chi connectivity index (χ2n) is 6.86. The van der Waals surface area contributed by atoms with Gasteiger partial charge in [-0.3, -0.25) is 4.79 Å². The maximum atomic E-state index is 12.7. The molecule has 0 aliphatic rings. The van der Waals surface area contributed by atoms with Gasteiger partial charge in [0.1, 0.15) is 11.6 Å². The molecule has 3 heterocycles. The molecule has 0 saturated carbocycles. The van der Waals surface area contributed by atoms with Crippen LogP contribution in [0, 0.1) is 0 Å². The first-order valence-electron chi connectivity index (χ1n) is 9.74. The second-order valence-corrected chi connectivity index (χ2v) is 7.80. The van der Waals surface area contributed by atoms with E-state index in [9.17, 15) is 4.79 Å². The van der Waals surface area contributed by atoms with Gasteiger partial charge in [-0.05, 0) is 24.1 Å². The first-order chi connectivity index (χ1) is 14.6. The monoisotopic (exact) mass is 421 g/mol. The Balaban J connectivity index is 1.39. The Labute approximate surface area is 178 Å². The minimum atomic E-state index is -0.257. The molecule has 0 aliphatic carbocycles. The number of aryl methyl sites for hydroxylation is 1. The zero-order chi connectivity index (χ0) is 20.9. The molecule has 1 aromatic carbocycles. The average molecular weight is 422 g/mol. The summed E-state index contributed by atoms with van der Waals surface area (Å²) in [7, 11) is 1.94. The number of rotatable bonds is 8. The van der Waals surface area contributed by atoms with Crippen molar-refractivity contribution in [1.29, 1.82) is 0 Å². The zero-order valence-corrected chi connectivity index (χ0v) is 17.6. The van der Waals surface area contributed by atoms with Crippen molar-refractivity contribution in [1.82, 2.24) is 24.8 Å². The summed E-state index contributed by atoms with van der Waals surface area (Å²) < 4.78 is 7.68. The Morgan fingerprint density at radius 2 is 2.07 bits per heavy atom. The van der Waals surface area contributed by atoms with Crippen LogP contribution in [-0.2, 0) is 12.8 Å². The van der Waals surface area contributed by atoms with Crippen LogP contribution >= 0.6 is 11.8 Å². The molecule has 4 aromatic rings. The van der Waals surface area contributed by atoms with Gasteiger partial charge in [-0.2, -0.15) is 0 Å². The Bertz CT molecular complexity index is 1120. The molecule has 0 fully saturated rings. The van der Waals surface area contributed by atoms with Crippen LogP contribution in [0.3, 0.4) is 0 Å². The average Bonchev–Trinajstić information content (AvgIpc) is 3.52. The number of carbonyl (C=O) groups excluding carboxylic acids is 1. The molecule has 8 heteroatoms. The van der Waals surface area contributed by atoms with E-state index in [0.29, 0.717) is 17.9 Å². The molecular formula is C22H23N5O2S. The fraction of sp³-hybridized carbons (Fsp3) is 0.227. The number of carbonyl (C=O) groups is 1. The van der Waals surface area contributed by atoms with Crippen LogP contribution in [0.2, 0.25) is 0 Å². The van der Waals surface area contributed by atoms with E-state index in [4.69, 9.17) is 4.42 Å². The van der Waals surface area contributed by atoms with Gasteiger partial charge < -0.3 is 19.3 Å². The van der Waals surface area contributed by atoms with Crippen molar-refractivity contribution in [3.05, 3.63) is 78.4 Å². The summed E-state index contributed by atoms with van der Waals surface area (Å²) in [4.78, 5) is 24.8. The molecule has 1 amide bonds. The van der Waals surface area contributed by atoms with Crippen LogP contribution < -0.4 is 5.32 Å². The molecule has 0 bridgehead atoms. The first kappa shape index (κ1) is 20.0. The number of imidazole rings is 2. The van der Waals surface area contributed by atoms with Gasteiger partial charge in [0.05, 0.1) is 23.7 Å². The van der Waals surface area contributed by atoms with E-state index in [1.807, 2.05) is 61.1 Å². The third kappa shape index (κ3) is 4.49. The topological polar surface area (TPSA) is 88.7 Å². The van der Waals surface area contributed by atoms with Gasteiger partial charge in [-0.1, -0.05) is 49.0 Å². The maximum Gasteiger partial charge on any atom is 0.287 e. The van der Waals surface area contributed by atoms with E-state index in [0.717, 1.165) is 28.0 Å². The highest BCUT2D eigenvalue weighted by molar-refractivity contribution is 7.98. The van der Waals surface area contributed by atoms with Gasteiger partial charge in [0.15, 0.2) is 10.9 Å². The van der Waals surface area contributed by atoms with E-state index >= 15 is 0 Å².